The summed E-state index contributed by atoms with van der Waals surface area (Å²) in [6.07, 6.45) is 1.39. The summed E-state index contributed by atoms with van der Waals surface area (Å²) in [5.41, 5.74) is 1.24. The van der Waals surface area contributed by atoms with Gasteiger partial charge in [-0.2, -0.15) is 0 Å². The predicted octanol–water partition coefficient (Wildman–Crippen LogP) is 3.05. The molecule has 8 nitrogen and oxygen atoms in total. The smallest absolute Gasteiger partial charge is 0.308 e. The van der Waals surface area contributed by atoms with E-state index in [1.165, 1.54) is 22.2 Å². The van der Waals surface area contributed by atoms with E-state index in [-0.39, 0.29) is 18.5 Å². The molecule has 0 fully saturated rings. The van der Waals surface area contributed by atoms with Crippen LogP contribution in [0.3, 0.4) is 0 Å². The molecule has 0 spiro atoms. The molecule has 1 aromatic carbocycles. The van der Waals surface area contributed by atoms with Crippen LogP contribution in [0.25, 0.3) is 10.2 Å². The lowest BCUT2D eigenvalue weighted by Gasteiger charge is -2.11. The number of nitrogens with zero attached hydrogens (tertiary/aromatic N) is 2. The van der Waals surface area contributed by atoms with Crippen LogP contribution in [0.5, 0.6) is 5.75 Å². The number of para-hydroxylation sites is 2. The summed E-state index contributed by atoms with van der Waals surface area (Å²) in [7, 11) is 0. The zero-order valence-electron chi connectivity index (χ0n) is 17.1. The molecule has 0 unspecified atom stereocenters. The Morgan fingerprint density at radius 2 is 2.00 bits per heavy atom. The first kappa shape index (κ1) is 21.5. The van der Waals surface area contributed by atoms with Crippen molar-refractivity contribution in [2.45, 2.75) is 33.7 Å². The summed E-state index contributed by atoms with van der Waals surface area (Å²) in [5.74, 6) is -0.505. The number of esters is 1. The maximum Gasteiger partial charge on any atom is 0.308 e. The Labute approximate surface area is 177 Å². The van der Waals surface area contributed by atoms with Crippen LogP contribution in [0.4, 0.5) is 5.69 Å². The molecule has 3 aromatic rings. The molecule has 0 saturated heterocycles. The van der Waals surface area contributed by atoms with Crippen LogP contribution in [0.2, 0.25) is 0 Å². The molecule has 0 aliphatic carbocycles. The van der Waals surface area contributed by atoms with Gasteiger partial charge < -0.3 is 14.8 Å². The quantitative estimate of drug-likeness (QED) is 0.553. The fraction of sp³-hybridized carbons (Fsp3) is 0.333. The molecule has 3 rings (SSSR count). The maximum atomic E-state index is 12.6. The molecular formula is C21H23N3O5S. The third-order valence-electron chi connectivity index (χ3n) is 4.54. The number of ether oxygens (including phenoxy) is 2. The van der Waals surface area contributed by atoms with Crippen molar-refractivity contribution in [1.29, 1.82) is 0 Å². The Hall–Kier alpha value is -3.20. The van der Waals surface area contributed by atoms with E-state index in [0.29, 0.717) is 28.3 Å². The van der Waals surface area contributed by atoms with E-state index < -0.39 is 18.5 Å². The average Bonchev–Trinajstić information content (AvgIpc) is 3.02. The van der Waals surface area contributed by atoms with Crippen molar-refractivity contribution in [2.75, 3.05) is 18.5 Å². The summed E-state index contributed by atoms with van der Waals surface area (Å²) in [6, 6.07) is 7.01. The average molecular weight is 429 g/mol. The van der Waals surface area contributed by atoms with E-state index >= 15 is 0 Å². The Balaban J connectivity index is 1.54. The van der Waals surface area contributed by atoms with Crippen molar-refractivity contribution in [2.24, 2.45) is 0 Å². The number of benzene rings is 1. The van der Waals surface area contributed by atoms with Crippen molar-refractivity contribution in [1.82, 2.24) is 9.55 Å². The number of anilines is 1. The van der Waals surface area contributed by atoms with Crippen LogP contribution in [-0.2, 0) is 20.9 Å². The van der Waals surface area contributed by atoms with Crippen molar-refractivity contribution >= 4 is 39.1 Å². The fourth-order valence-electron chi connectivity index (χ4n) is 2.90. The fourth-order valence-corrected chi connectivity index (χ4v) is 3.88. The second kappa shape index (κ2) is 9.53. The van der Waals surface area contributed by atoms with Gasteiger partial charge in [-0.25, -0.2) is 4.98 Å². The number of rotatable bonds is 8. The van der Waals surface area contributed by atoms with Gasteiger partial charge in [-0.05, 0) is 38.5 Å². The van der Waals surface area contributed by atoms with E-state index in [4.69, 9.17) is 9.47 Å². The van der Waals surface area contributed by atoms with Gasteiger partial charge in [0.1, 0.15) is 10.6 Å². The predicted molar refractivity (Wildman–Crippen MR) is 115 cm³/mol. The van der Waals surface area contributed by atoms with Crippen molar-refractivity contribution in [3.63, 3.8) is 0 Å². The van der Waals surface area contributed by atoms with Gasteiger partial charge in [-0.15, -0.1) is 11.3 Å². The third kappa shape index (κ3) is 4.85. The first-order valence-corrected chi connectivity index (χ1v) is 10.3. The largest absolute Gasteiger partial charge is 0.492 e. The number of hydrogen-bond donors (Lipinski definition) is 1. The molecule has 0 aliphatic heterocycles. The van der Waals surface area contributed by atoms with E-state index in [9.17, 15) is 14.4 Å². The maximum absolute atomic E-state index is 12.6. The number of thiophene rings is 1. The zero-order chi connectivity index (χ0) is 21.7. The molecule has 0 aliphatic rings. The van der Waals surface area contributed by atoms with Crippen LogP contribution in [-0.4, -0.2) is 34.6 Å². The number of hydrogen-bond acceptors (Lipinski definition) is 7. The number of carbonyl (C=O) groups is 2. The highest BCUT2D eigenvalue weighted by Crippen LogP contribution is 2.25. The number of nitrogens with one attached hydrogen (secondary N) is 1. The SMILES string of the molecule is CCOc1ccccc1NC(=O)COC(=O)CCn1cnc2sc(C)c(C)c2c1=O. The zero-order valence-corrected chi connectivity index (χ0v) is 17.9. The van der Waals surface area contributed by atoms with E-state index in [1.54, 1.807) is 24.3 Å². The van der Waals surface area contributed by atoms with Crippen LogP contribution in [0.15, 0.2) is 35.4 Å². The molecule has 30 heavy (non-hydrogen) atoms. The summed E-state index contributed by atoms with van der Waals surface area (Å²) >= 11 is 1.47. The molecular weight excluding hydrogens is 406 g/mol. The Morgan fingerprint density at radius 1 is 1.23 bits per heavy atom. The first-order valence-electron chi connectivity index (χ1n) is 9.53. The van der Waals surface area contributed by atoms with Crippen molar-refractivity contribution in [3.05, 3.63) is 51.4 Å². The molecule has 0 saturated carbocycles. The van der Waals surface area contributed by atoms with Crippen LogP contribution < -0.4 is 15.6 Å². The second-order valence-corrected chi connectivity index (χ2v) is 7.80. The topological polar surface area (TPSA) is 99.5 Å². The lowest BCUT2D eigenvalue weighted by Crippen LogP contribution is -2.24. The molecule has 2 aromatic heterocycles. The van der Waals surface area contributed by atoms with E-state index in [1.807, 2.05) is 20.8 Å². The van der Waals surface area contributed by atoms with Crippen molar-refractivity contribution < 1.29 is 19.1 Å². The van der Waals surface area contributed by atoms with Crippen LogP contribution >= 0.6 is 11.3 Å². The number of aromatic nitrogens is 2. The van der Waals surface area contributed by atoms with Gasteiger partial charge in [0.2, 0.25) is 0 Å². The van der Waals surface area contributed by atoms with Crippen molar-refractivity contribution in [3.8, 4) is 5.75 Å². The number of aryl methyl sites for hydroxylation is 3. The summed E-state index contributed by atoms with van der Waals surface area (Å²) in [5, 5.41) is 3.24. The number of amides is 1. The van der Waals surface area contributed by atoms with Gasteiger partial charge in [-0.1, -0.05) is 12.1 Å². The minimum absolute atomic E-state index is 0.0436. The highest BCUT2D eigenvalue weighted by molar-refractivity contribution is 7.18. The summed E-state index contributed by atoms with van der Waals surface area (Å²) < 4.78 is 11.9. The van der Waals surface area contributed by atoms with Gasteiger partial charge in [0, 0.05) is 11.4 Å². The molecule has 9 heteroatoms. The highest BCUT2D eigenvalue weighted by atomic mass is 32.1. The molecule has 1 N–H and O–H groups in total. The second-order valence-electron chi connectivity index (χ2n) is 6.59. The van der Waals surface area contributed by atoms with Crippen LogP contribution in [0, 0.1) is 13.8 Å². The summed E-state index contributed by atoms with van der Waals surface area (Å²) in [4.78, 5) is 42.8. The minimum atomic E-state index is -0.575. The molecule has 0 atom stereocenters. The molecule has 1 amide bonds. The molecule has 0 radical (unpaired) electrons. The molecule has 158 valence electrons. The monoisotopic (exact) mass is 429 g/mol. The normalized spacial score (nSPS) is 10.8. The van der Waals surface area contributed by atoms with Gasteiger partial charge in [0.05, 0.1) is 30.4 Å². The number of fused-ring (bicyclic) bond motifs is 1. The Bertz CT molecular complexity index is 1140. The van der Waals surface area contributed by atoms with E-state index in [2.05, 4.69) is 10.3 Å². The molecule has 0 bridgehead atoms. The van der Waals surface area contributed by atoms with Crippen LogP contribution in [0.1, 0.15) is 23.8 Å². The van der Waals surface area contributed by atoms with Gasteiger partial charge in [0.25, 0.3) is 11.5 Å². The highest BCUT2D eigenvalue weighted by Gasteiger charge is 2.14. The lowest BCUT2D eigenvalue weighted by molar-refractivity contribution is -0.147. The minimum Gasteiger partial charge on any atom is -0.492 e. The number of carbonyl (C=O) groups excluding carboxylic acids is 2. The third-order valence-corrected chi connectivity index (χ3v) is 5.65. The standard InChI is InChI=1S/C21H23N3O5S/c1-4-28-16-8-6-5-7-15(16)23-17(25)11-29-18(26)9-10-24-12-22-20-19(21(24)27)13(2)14(3)30-20/h5-8,12H,4,9-11H2,1-3H3,(H,23,25). The van der Waals surface area contributed by atoms with Gasteiger partial charge in [0.15, 0.2) is 6.61 Å². The van der Waals surface area contributed by atoms with Gasteiger partial charge in [-0.3, -0.25) is 19.0 Å². The Morgan fingerprint density at radius 3 is 2.77 bits per heavy atom. The van der Waals surface area contributed by atoms with E-state index in [0.717, 1.165) is 10.4 Å². The molecule has 2 heterocycles. The first-order chi connectivity index (χ1) is 14.4. The summed E-state index contributed by atoms with van der Waals surface area (Å²) in [6.45, 7) is 5.85. The van der Waals surface area contributed by atoms with Gasteiger partial charge >= 0.3 is 5.97 Å². The Kier molecular flexibility index (Phi) is 6.83. The lowest BCUT2D eigenvalue weighted by atomic mass is 10.2.